The molecule has 1 saturated heterocycles. The van der Waals surface area contributed by atoms with Crippen molar-refractivity contribution in [1.82, 2.24) is 0 Å². The Morgan fingerprint density at radius 1 is 1.38 bits per heavy atom. The first-order valence-electron chi connectivity index (χ1n) is 5.44. The molecule has 1 fully saturated rings. The number of hydrogen-bond donors (Lipinski definition) is 0. The number of carbonyl (C=O) groups excluding carboxylic acids is 1. The van der Waals surface area contributed by atoms with E-state index in [-0.39, 0.29) is 18.0 Å². The van der Waals surface area contributed by atoms with Gasteiger partial charge in [-0.1, -0.05) is 32.6 Å². The molecule has 0 unspecified atom stereocenters. The van der Waals surface area contributed by atoms with Gasteiger partial charge in [0.25, 0.3) is 0 Å². The minimum atomic E-state index is 0.0315. The van der Waals surface area contributed by atoms with Gasteiger partial charge in [0.15, 0.2) is 0 Å². The molecule has 1 aliphatic heterocycles. The van der Waals surface area contributed by atoms with Gasteiger partial charge in [-0.2, -0.15) is 0 Å². The summed E-state index contributed by atoms with van der Waals surface area (Å²) in [4.78, 5) is 11.2. The summed E-state index contributed by atoms with van der Waals surface area (Å²) in [7, 11) is 0. The van der Waals surface area contributed by atoms with Gasteiger partial charge in [-0.25, -0.2) is 0 Å². The van der Waals surface area contributed by atoms with Crippen molar-refractivity contribution in [3.05, 3.63) is 0 Å². The Morgan fingerprint density at radius 3 is 2.69 bits per heavy atom. The van der Waals surface area contributed by atoms with E-state index in [1.54, 1.807) is 0 Å². The van der Waals surface area contributed by atoms with Crippen molar-refractivity contribution in [1.29, 1.82) is 0 Å². The minimum absolute atomic E-state index is 0.0315. The fourth-order valence-corrected chi connectivity index (χ4v) is 1.89. The lowest BCUT2D eigenvalue weighted by Crippen LogP contribution is -2.07. The molecule has 1 aliphatic rings. The number of esters is 1. The van der Waals surface area contributed by atoms with Crippen molar-refractivity contribution in [3.8, 4) is 0 Å². The van der Waals surface area contributed by atoms with E-state index >= 15 is 0 Å². The van der Waals surface area contributed by atoms with E-state index in [0.717, 1.165) is 12.8 Å². The highest BCUT2D eigenvalue weighted by atomic mass is 16.5. The summed E-state index contributed by atoms with van der Waals surface area (Å²) in [6, 6.07) is 0. The molecule has 0 aromatic heterocycles. The largest absolute Gasteiger partial charge is 0.462 e. The Kier molecular flexibility index (Phi) is 4.26. The zero-order valence-electron chi connectivity index (χ0n) is 8.71. The molecule has 0 spiro atoms. The van der Waals surface area contributed by atoms with Crippen molar-refractivity contribution in [2.24, 2.45) is 5.92 Å². The lowest BCUT2D eigenvalue weighted by atomic mass is 9.98. The molecule has 2 nitrogen and oxygen atoms in total. The number of carbonyl (C=O) groups is 1. The van der Waals surface area contributed by atoms with E-state index < -0.39 is 0 Å². The third-order valence-corrected chi connectivity index (χ3v) is 2.67. The molecule has 0 aromatic rings. The normalized spacial score (nSPS) is 27.7. The molecule has 0 saturated carbocycles. The van der Waals surface area contributed by atoms with Crippen LogP contribution in [-0.2, 0) is 9.53 Å². The molecule has 1 rings (SSSR count). The molecule has 0 amide bonds. The van der Waals surface area contributed by atoms with Crippen LogP contribution in [0.1, 0.15) is 52.4 Å². The maximum absolute atomic E-state index is 11.2. The summed E-state index contributed by atoms with van der Waals surface area (Å²) in [6.07, 6.45) is 7.11. The van der Waals surface area contributed by atoms with Crippen molar-refractivity contribution < 1.29 is 9.53 Å². The quantitative estimate of drug-likeness (QED) is 0.485. The molecule has 76 valence electrons. The predicted molar refractivity (Wildman–Crippen MR) is 52.4 cm³/mol. The van der Waals surface area contributed by atoms with Gasteiger partial charge < -0.3 is 4.74 Å². The third kappa shape index (κ3) is 3.37. The highest BCUT2D eigenvalue weighted by Gasteiger charge is 2.30. The average Bonchev–Trinajstić information content (AvgIpc) is 2.39. The Hall–Kier alpha value is -0.530. The van der Waals surface area contributed by atoms with Gasteiger partial charge in [-0.3, -0.25) is 4.79 Å². The summed E-state index contributed by atoms with van der Waals surface area (Å²) in [5.41, 5.74) is 0. The van der Waals surface area contributed by atoms with Gasteiger partial charge in [-0.15, -0.1) is 0 Å². The number of rotatable bonds is 5. The Bertz CT molecular complexity index is 165. The summed E-state index contributed by atoms with van der Waals surface area (Å²) in [5, 5.41) is 0. The van der Waals surface area contributed by atoms with Crippen LogP contribution >= 0.6 is 0 Å². The van der Waals surface area contributed by atoms with Gasteiger partial charge in [0.05, 0.1) is 12.0 Å². The predicted octanol–water partition coefficient (Wildman–Crippen LogP) is 2.91. The highest BCUT2D eigenvalue weighted by Crippen LogP contribution is 2.25. The van der Waals surface area contributed by atoms with Crippen LogP contribution < -0.4 is 0 Å². The van der Waals surface area contributed by atoms with Crippen LogP contribution in [0, 0.1) is 5.92 Å². The first-order chi connectivity index (χ1) is 6.24. The molecule has 2 heteroatoms. The summed E-state index contributed by atoms with van der Waals surface area (Å²) < 4.78 is 5.09. The average molecular weight is 184 g/mol. The number of cyclic esters (lactones) is 1. The molecule has 0 aromatic carbocycles. The maximum Gasteiger partial charge on any atom is 0.309 e. The van der Waals surface area contributed by atoms with Crippen LogP contribution in [0.3, 0.4) is 0 Å². The zero-order chi connectivity index (χ0) is 9.68. The van der Waals surface area contributed by atoms with Crippen LogP contribution in [0.2, 0.25) is 0 Å². The van der Waals surface area contributed by atoms with Crippen molar-refractivity contribution in [2.75, 3.05) is 0 Å². The Morgan fingerprint density at radius 2 is 2.15 bits per heavy atom. The number of unbranched alkanes of at least 4 members (excludes halogenated alkanes) is 3. The lowest BCUT2D eigenvalue weighted by molar-refractivity contribution is -0.143. The second-order valence-corrected chi connectivity index (χ2v) is 4.03. The second-order valence-electron chi connectivity index (χ2n) is 4.03. The molecular formula is C11H20O2. The van der Waals surface area contributed by atoms with Gasteiger partial charge >= 0.3 is 5.97 Å². The molecule has 2 atom stereocenters. The monoisotopic (exact) mass is 184 g/mol. The second kappa shape index (κ2) is 5.25. The van der Waals surface area contributed by atoms with Crippen LogP contribution in [-0.4, -0.2) is 12.1 Å². The van der Waals surface area contributed by atoms with E-state index in [4.69, 9.17) is 4.74 Å². The van der Waals surface area contributed by atoms with Crippen LogP contribution in [0.25, 0.3) is 0 Å². The van der Waals surface area contributed by atoms with Gasteiger partial charge in [-0.05, 0) is 19.8 Å². The maximum atomic E-state index is 11.2. The molecule has 1 heterocycles. The van der Waals surface area contributed by atoms with Crippen molar-refractivity contribution in [2.45, 2.75) is 58.5 Å². The molecule has 0 radical (unpaired) electrons. The fraction of sp³-hybridized carbons (Fsp3) is 0.909. The van der Waals surface area contributed by atoms with Crippen molar-refractivity contribution >= 4 is 5.97 Å². The third-order valence-electron chi connectivity index (χ3n) is 2.67. The Balaban J connectivity index is 2.11. The van der Waals surface area contributed by atoms with E-state index in [2.05, 4.69) is 6.92 Å². The Labute approximate surface area is 80.7 Å². The first-order valence-corrected chi connectivity index (χ1v) is 5.44. The lowest BCUT2D eigenvalue weighted by Gasteiger charge is -2.03. The minimum Gasteiger partial charge on any atom is -0.462 e. The molecule has 0 N–H and O–H groups in total. The number of hydrogen-bond acceptors (Lipinski definition) is 2. The van der Waals surface area contributed by atoms with E-state index in [1.807, 2.05) is 6.92 Å². The standard InChI is InChI=1S/C11H20O2/c1-3-4-5-6-7-10-8-9(2)13-11(10)12/h9-10H,3-8H2,1-2H3/t9-,10-/m0/s1. The van der Waals surface area contributed by atoms with Gasteiger partial charge in [0, 0.05) is 0 Å². The van der Waals surface area contributed by atoms with Crippen molar-refractivity contribution in [3.63, 3.8) is 0 Å². The molecule has 13 heavy (non-hydrogen) atoms. The highest BCUT2D eigenvalue weighted by molar-refractivity contribution is 5.74. The zero-order valence-corrected chi connectivity index (χ0v) is 8.71. The van der Waals surface area contributed by atoms with Gasteiger partial charge in [0.1, 0.15) is 0 Å². The smallest absolute Gasteiger partial charge is 0.309 e. The molecule has 0 bridgehead atoms. The molecular weight excluding hydrogens is 164 g/mol. The fourth-order valence-electron chi connectivity index (χ4n) is 1.89. The summed E-state index contributed by atoms with van der Waals surface area (Å²) in [5.74, 6) is 0.232. The van der Waals surface area contributed by atoms with Gasteiger partial charge in [0.2, 0.25) is 0 Å². The van der Waals surface area contributed by atoms with E-state index in [0.29, 0.717) is 0 Å². The first kappa shape index (κ1) is 10.6. The molecule has 0 aliphatic carbocycles. The van der Waals surface area contributed by atoms with E-state index in [1.165, 1.54) is 25.7 Å². The summed E-state index contributed by atoms with van der Waals surface area (Å²) >= 11 is 0. The van der Waals surface area contributed by atoms with Crippen LogP contribution in [0.15, 0.2) is 0 Å². The van der Waals surface area contributed by atoms with Crippen LogP contribution in [0.5, 0.6) is 0 Å². The number of ether oxygens (including phenoxy) is 1. The van der Waals surface area contributed by atoms with E-state index in [9.17, 15) is 4.79 Å². The SMILES string of the molecule is CCCCCC[C@H]1C[C@H](C)OC1=O. The van der Waals surface area contributed by atoms with Crippen LogP contribution in [0.4, 0.5) is 0 Å². The summed E-state index contributed by atoms with van der Waals surface area (Å²) in [6.45, 7) is 4.18. The topological polar surface area (TPSA) is 26.3 Å².